The molecule has 1 heterocycles. The minimum Gasteiger partial charge on any atom is -0.484 e. The molecule has 2 atom stereocenters. The number of hydrogen-bond donors (Lipinski definition) is 2. The van der Waals surface area contributed by atoms with Crippen LogP contribution in [0.5, 0.6) is 5.75 Å². The van der Waals surface area contributed by atoms with Crippen LogP contribution in [-0.4, -0.2) is 24.5 Å². The summed E-state index contributed by atoms with van der Waals surface area (Å²) in [6.07, 6.45) is 1.73. The topological polar surface area (TPSA) is 67.4 Å². The lowest BCUT2D eigenvalue weighted by Gasteiger charge is -2.38. The van der Waals surface area contributed by atoms with Gasteiger partial charge in [-0.05, 0) is 23.3 Å². The number of amides is 2. The maximum Gasteiger partial charge on any atom is 0.258 e. The summed E-state index contributed by atoms with van der Waals surface area (Å²) in [5.74, 6) is 0.0750. The van der Waals surface area contributed by atoms with Crippen molar-refractivity contribution >= 4 is 17.9 Å². The summed E-state index contributed by atoms with van der Waals surface area (Å²) in [7, 11) is 0. The average Bonchev–Trinajstić information content (AvgIpc) is 2.63. The van der Waals surface area contributed by atoms with Gasteiger partial charge >= 0.3 is 0 Å². The maximum absolute atomic E-state index is 12.1. The van der Waals surface area contributed by atoms with E-state index in [2.05, 4.69) is 17.2 Å². The Kier molecular flexibility index (Phi) is 4.61. The smallest absolute Gasteiger partial charge is 0.258 e. The van der Waals surface area contributed by atoms with Crippen molar-refractivity contribution in [3.8, 4) is 5.75 Å². The number of benzene rings is 2. The molecule has 0 aliphatic carbocycles. The van der Waals surface area contributed by atoms with E-state index >= 15 is 0 Å². The summed E-state index contributed by atoms with van der Waals surface area (Å²) in [6, 6.07) is 15.8. The predicted octanol–water partition coefficient (Wildman–Crippen LogP) is 2.06. The molecule has 0 bridgehead atoms. The molecule has 1 saturated heterocycles. The van der Waals surface area contributed by atoms with Gasteiger partial charge in [-0.2, -0.15) is 0 Å². The van der Waals surface area contributed by atoms with Crippen molar-refractivity contribution in [1.29, 1.82) is 0 Å². The van der Waals surface area contributed by atoms with Crippen molar-refractivity contribution in [1.82, 2.24) is 10.6 Å². The standard InChI is InChI=1S/C19H18N2O3/c1-2-13-8-6-7-11-15(13)17-18(19(23)21-17)20-16(22)12-24-14-9-4-3-5-10-14/h2-11,17-18H,1,12H2,(H,20,22)(H,21,23). The van der Waals surface area contributed by atoms with Gasteiger partial charge < -0.3 is 15.4 Å². The first kappa shape index (κ1) is 15.8. The van der Waals surface area contributed by atoms with Crippen LogP contribution < -0.4 is 15.4 Å². The Labute approximate surface area is 140 Å². The minimum atomic E-state index is -0.599. The Bertz CT molecular complexity index is 758. The van der Waals surface area contributed by atoms with Crippen molar-refractivity contribution < 1.29 is 14.3 Å². The summed E-state index contributed by atoms with van der Waals surface area (Å²) in [4.78, 5) is 23.9. The van der Waals surface area contributed by atoms with Crippen LogP contribution in [0.4, 0.5) is 0 Å². The molecule has 2 aromatic rings. The normalized spacial score (nSPS) is 18.9. The maximum atomic E-state index is 12.1. The van der Waals surface area contributed by atoms with Gasteiger partial charge in [-0.25, -0.2) is 0 Å². The van der Waals surface area contributed by atoms with E-state index in [0.29, 0.717) is 5.75 Å². The van der Waals surface area contributed by atoms with Crippen LogP contribution in [0.25, 0.3) is 6.08 Å². The molecule has 2 aromatic carbocycles. The fourth-order valence-corrected chi connectivity index (χ4v) is 2.65. The first-order valence-corrected chi connectivity index (χ1v) is 7.68. The van der Waals surface area contributed by atoms with Crippen molar-refractivity contribution in [3.05, 3.63) is 72.3 Å². The highest BCUT2D eigenvalue weighted by Crippen LogP contribution is 2.28. The van der Waals surface area contributed by atoms with Crippen LogP contribution in [-0.2, 0) is 9.59 Å². The zero-order valence-corrected chi connectivity index (χ0v) is 13.1. The monoisotopic (exact) mass is 322 g/mol. The SMILES string of the molecule is C=Cc1ccccc1C1NC(=O)C1NC(=O)COc1ccccc1. The number of β-lactam (4-membered cyclic amide) rings is 1. The first-order valence-electron chi connectivity index (χ1n) is 7.68. The molecule has 3 rings (SSSR count). The molecule has 2 unspecified atom stereocenters. The molecular weight excluding hydrogens is 304 g/mol. The minimum absolute atomic E-state index is 0.135. The summed E-state index contributed by atoms with van der Waals surface area (Å²) in [5, 5.41) is 5.55. The van der Waals surface area contributed by atoms with Crippen LogP contribution >= 0.6 is 0 Å². The van der Waals surface area contributed by atoms with Gasteiger partial charge in [0.2, 0.25) is 5.91 Å². The van der Waals surface area contributed by atoms with E-state index in [1.54, 1.807) is 18.2 Å². The molecule has 5 heteroatoms. The van der Waals surface area contributed by atoms with Crippen molar-refractivity contribution in [2.75, 3.05) is 6.61 Å². The van der Waals surface area contributed by atoms with E-state index in [1.807, 2.05) is 42.5 Å². The van der Waals surface area contributed by atoms with Gasteiger partial charge in [-0.3, -0.25) is 9.59 Å². The molecule has 24 heavy (non-hydrogen) atoms. The summed E-state index contributed by atoms with van der Waals surface area (Å²) < 4.78 is 5.40. The molecule has 1 aliphatic heterocycles. The van der Waals surface area contributed by atoms with Crippen LogP contribution in [0.2, 0.25) is 0 Å². The lowest BCUT2D eigenvalue weighted by molar-refractivity contribution is -0.137. The number of para-hydroxylation sites is 1. The molecule has 2 N–H and O–H groups in total. The Morgan fingerprint density at radius 1 is 1.17 bits per heavy atom. The van der Waals surface area contributed by atoms with Gasteiger partial charge in [0.1, 0.15) is 11.8 Å². The molecule has 0 saturated carbocycles. The zero-order chi connectivity index (χ0) is 16.9. The Hall–Kier alpha value is -3.08. The van der Waals surface area contributed by atoms with Crippen molar-refractivity contribution in [3.63, 3.8) is 0 Å². The fourth-order valence-electron chi connectivity index (χ4n) is 2.65. The highest BCUT2D eigenvalue weighted by molar-refractivity contribution is 5.94. The zero-order valence-electron chi connectivity index (χ0n) is 13.1. The quantitative estimate of drug-likeness (QED) is 0.800. The molecule has 0 spiro atoms. The number of nitrogens with one attached hydrogen (secondary N) is 2. The molecule has 5 nitrogen and oxygen atoms in total. The second-order valence-corrected chi connectivity index (χ2v) is 5.47. The van der Waals surface area contributed by atoms with Crippen LogP contribution in [0.3, 0.4) is 0 Å². The largest absolute Gasteiger partial charge is 0.484 e. The van der Waals surface area contributed by atoms with E-state index in [-0.39, 0.29) is 24.5 Å². The van der Waals surface area contributed by atoms with Crippen LogP contribution in [0.1, 0.15) is 17.2 Å². The van der Waals surface area contributed by atoms with Crippen LogP contribution in [0, 0.1) is 0 Å². The molecule has 2 amide bonds. The van der Waals surface area contributed by atoms with Crippen molar-refractivity contribution in [2.24, 2.45) is 0 Å². The van der Waals surface area contributed by atoms with Crippen molar-refractivity contribution in [2.45, 2.75) is 12.1 Å². The lowest BCUT2D eigenvalue weighted by Crippen LogP contribution is -2.64. The molecule has 0 radical (unpaired) electrons. The third-order valence-electron chi connectivity index (χ3n) is 3.89. The number of hydrogen-bond acceptors (Lipinski definition) is 3. The third-order valence-corrected chi connectivity index (χ3v) is 3.89. The van der Waals surface area contributed by atoms with E-state index < -0.39 is 6.04 Å². The summed E-state index contributed by atoms with van der Waals surface area (Å²) in [5.41, 5.74) is 1.86. The Morgan fingerprint density at radius 3 is 2.58 bits per heavy atom. The van der Waals surface area contributed by atoms with Gasteiger partial charge in [0, 0.05) is 0 Å². The Morgan fingerprint density at radius 2 is 1.88 bits per heavy atom. The molecular formula is C19H18N2O3. The molecule has 1 aliphatic rings. The highest BCUT2D eigenvalue weighted by atomic mass is 16.5. The van der Waals surface area contributed by atoms with Crippen LogP contribution in [0.15, 0.2) is 61.2 Å². The predicted molar refractivity (Wildman–Crippen MR) is 91.3 cm³/mol. The van der Waals surface area contributed by atoms with E-state index in [0.717, 1.165) is 11.1 Å². The number of ether oxygens (including phenoxy) is 1. The number of carbonyl (C=O) groups excluding carboxylic acids is 2. The van der Waals surface area contributed by atoms with Gasteiger partial charge in [0.25, 0.3) is 5.91 Å². The first-order chi connectivity index (χ1) is 11.7. The second kappa shape index (κ2) is 7.00. The van der Waals surface area contributed by atoms with E-state index in [4.69, 9.17) is 4.74 Å². The summed E-state index contributed by atoms with van der Waals surface area (Å²) >= 11 is 0. The van der Waals surface area contributed by atoms with Gasteiger partial charge in [0.05, 0.1) is 6.04 Å². The van der Waals surface area contributed by atoms with Gasteiger partial charge in [-0.15, -0.1) is 0 Å². The second-order valence-electron chi connectivity index (χ2n) is 5.47. The summed E-state index contributed by atoms with van der Waals surface area (Å²) in [6.45, 7) is 3.65. The highest BCUT2D eigenvalue weighted by Gasteiger charge is 2.41. The van der Waals surface area contributed by atoms with Gasteiger partial charge in [-0.1, -0.05) is 55.1 Å². The van der Waals surface area contributed by atoms with Gasteiger partial charge in [0.15, 0.2) is 6.61 Å². The Balaban J connectivity index is 1.62. The van der Waals surface area contributed by atoms with E-state index in [9.17, 15) is 9.59 Å². The molecule has 122 valence electrons. The van der Waals surface area contributed by atoms with E-state index in [1.165, 1.54) is 0 Å². The fraction of sp³-hybridized carbons (Fsp3) is 0.158. The molecule has 1 fully saturated rings. The number of carbonyl (C=O) groups is 2. The third kappa shape index (κ3) is 3.30. The average molecular weight is 322 g/mol. The number of rotatable bonds is 6. The molecule has 0 aromatic heterocycles. The lowest BCUT2D eigenvalue weighted by atomic mass is 9.88.